The first-order valence-corrected chi connectivity index (χ1v) is 6.54. The molecule has 0 radical (unpaired) electrons. The Hall–Kier alpha value is -3.22. The molecule has 0 spiro atoms. The summed E-state index contributed by atoms with van der Waals surface area (Å²) < 4.78 is 6.82. The first-order chi connectivity index (χ1) is 10.8. The zero-order chi connectivity index (χ0) is 15.4. The Morgan fingerprint density at radius 3 is 2.82 bits per heavy atom. The van der Waals surface area contributed by atoms with E-state index in [2.05, 4.69) is 20.5 Å². The second-order valence-electron chi connectivity index (χ2n) is 4.43. The van der Waals surface area contributed by atoms with Crippen LogP contribution in [0, 0.1) is 0 Å². The molecule has 0 fully saturated rings. The van der Waals surface area contributed by atoms with Gasteiger partial charge in [0.2, 0.25) is 0 Å². The van der Waals surface area contributed by atoms with Crippen molar-refractivity contribution in [2.24, 2.45) is 0 Å². The number of carbonyl (C=O) groups excluding carboxylic acids is 1. The highest BCUT2D eigenvalue weighted by atomic mass is 16.5. The van der Waals surface area contributed by atoms with Gasteiger partial charge in [-0.2, -0.15) is 0 Å². The van der Waals surface area contributed by atoms with E-state index in [1.54, 1.807) is 66.8 Å². The number of anilines is 1. The molecule has 1 N–H and O–H groups in total. The minimum Gasteiger partial charge on any atom is -0.497 e. The zero-order valence-corrected chi connectivity index (χ0v) is 11.8. The molecule has 0 aliphatic heterocycles. The molecule has 110 valence electrons. The molecule has 0 aliphatic carbocycles. The number of carbonyl (C=O) groups is 1. The summed E-state index contributed by atoms with van der Waals surface area (Å²) in [6.45, 7) is 0. The number of rotatable bonds is 4. The second-order valence-corrected chi connectivity index (χ2v) is 4.43. The van der Waals surface area contributed by atoms with Crippen molar-refractivity contribution in [3.63, 3.8) is 0 Å². The molecule has 0 saturated heterocycles. The van der Waals surface area contributed by atoms with E-state index in [1.807, 2.05) is 0 Å². The van der Waals surface area contributed by atoms with Crippen LogP contribution in [0.3, 0.4) is 0 Å². The Kier molecular flexibility index (Phi) is 3.78. The van der Waals surface area contributed by atoms with Gasteiger partial charge < -0.3 is 10.1 Å². The number of hydrogen-bond donors (Lipinski definition) is 1. The van der Waals surface area contributed by atoms with E-state index in [0.717, 1.165) is 0 Å². The average Bonchev–Trinajstić information content (AvgIpc) is 3.09. The molecule has 22 heavy (non-hydrogen) atoms. The van der Waals surface area contributed by atoms with Crippen molar-refractivity contribution in [1.82, 2.24) is 19.7 Å². The molecule has 7 nitrogen and oxygen atoms in total. The normalized spacial score (nSPS) is 10.2. The Labute approximate surface area is 126 Å². The average molecular weight is 295 g/mol. The molecule has 3 rings (SSSR count). The second kappa shape index (κ2) is 6.04. The van der Waals surface area contributed by atoms with E-state index in [0.29, 0.717) is 17.3 Å². The predicted molar refractivity (Wildman–Crippen MR) is 80.1 cm³/mol. The van der Waals surface area contributed by atoms with Gasteiger partial charge in [-0.05, 0) is 24.3 Å². The number of methoxy groups -OCH3 is 1. The fourth-order valence-corrected chi connectivity index (χ4v) is 1.87. The highest BCUT2D eigenvalue weighted by Crippen LogP contribution is 2.17. The standard InChI is InChI=1S/C15H13N5O2/c1-22-12-4-2-3-11(9-12)17-15(21)13-5-6-14(19-18-13)20-8-7-16-10-20/h2-10H,1H3,(H,17,21). The summed E-state index contributed by atoms with van der Waals surface area (Å²) in [5.41, 5.74) is 0.858. The number of imidazole rings is 1. The van der Waals surface area contributed by atoms with Crippen LogP contribution in [0.5, 0.6) is 5.75 Å². The number of nitrogens with zero attached hydrogens (tertiary/aromatic N) is 4. The van der Waals surface area contributed by atoms with Gasteiger partial charge >= 0.3 is 0 Å². The Morgan fingerprint density at radius 2 is 2.14 bits per heavy atom. The Bertz CT molecular complexity index is 769. The molecule has 1 amide bonds. The third kappa shape index (κ3) is 2.93. The van der Waals surface area contributed by atoms with Gasteiger partial charge in [0.1, 0.15) is 12.1 Å². The molecule has 3 aromatic rings. The Morgan fingerprint density at radius 1 is 1.23 bits per heavy atom. The molecule has 0 bridgehead atoms. The number of hydrogen-bond acceptors (Lipinski definition) is 5. The van der Waals surface area contributed by atoms with Gasteiger partial charge in [0.05, 0.1) is 7.11 Å². The number of nitrogens with one attached hydrogen (secondary N) is 1. The van der Waals surface area contributed by atoms with E-state index in [4.69, 9.17) is 4.74 Å². The fraction of sp³-hybridized carbons (Fsp3) is 0.0667. The van der Waals surface area contributed by atoms with E-state index in [-0.39, 0.29) is 11.6 Å². The van der Waals surface area contributed by atoms with E-state index < -0.39 is 0 Å². The van der Waals surface area contributed by atoms with Crippen LogP contribution in [0.25, 0.3) is 5.82 Å². The lowest BCUT2D eigenvalue weighted by molar-refractivity contribution is 0.102. The van der Waals surface area contributed by atoms with Crippen molar-refractivity contribution < 1.29 is 9.53 Å². The zero-order valence-electron chi connectivity index (χ0n) is 11.8. The summed E-state index contributed by atoms with van der Waals surface area (Å²) in [7, 11) is 1.57. The van der Waals surface area contributed by atoms with Gasteiger partial charge in [-0.15, -0.1) is 10.2 Å². The van der Waals surface area contributed by atoms with E-state index in [1.165, 1.54) is 0 Å². The molecule has 0 saturated carbocycles. The molecule has 0 atom stereocenters. The van der Waals surface area contributed by atoms with Crippen molar-refractivity contribution in [2.75, 3.05) is 12.4 Å². The van der Waals surface area contributed by atoms with Crippen LogP contribution < -0.4 is 10.1 Å². The molecule has 1 aromatic carbocycles. The molecule has 0 aliphatic rings. The first-order valence-electron chi connectivity index (χ1n) is 6.54. The highest BCUT2D eigenvalue weighted by Gasteiger charge is 2.09. The van der Waals surface area contributed by atoms with Gasteiger partial charge in [0.25, 0.3) is 5.91 Å². The van der Waals surface area contributed by atoms with Gasteiger partial charge in [0, 0.05) is 24.1 Å². The SMILES string of the molecule is COc1cccc(NC(=O)c2ccc(-n3ccnc3)nn2)c1. The lowest BCUT2D eigenvalue weighted by atomic mass is 10.3. The van der Waals surface area contributed by atoms with Crippen molar-refractivity contribution in [3.05, 3.63) is 60.8 Å². The summed E-state index contributed by atoms with van der Waals surface area (Å²) >= 11 is 0. The first kappa shape index (κ1) is 13.7. The molecular formula is C15H13N5O2. The minimum absolute atomic E-state index is 0.228. The third-order valence-electron chi connectivity index (χ3n) is 2.98. The largest absolute Gasteiger partial charge is 0.497 e. The number of aromatic nitrogens is 4. The van der Waals surface area contributed by atoms with Crippen molar-refractivity contribution in [1.29, 1.82) is 0 Å². The van der Waals surface area contributed by atoms with Crippen LogP contribution in [0.2, 0.25) is 0 Å². The van der Waals surface area contributed by atoms with Crippen LogP contribution in [0.1, 0.15) is 10.5 Å². The predicted octanol–water partition coefficient (Wildman–Crippen LogP) is 1.92. The number of ether oxygens (including phenoxy) is 1. The van der Waals surface area contributed by atoms with Crippen molar-refractivity contribution >= 4 is 11.6 Å². The molecule has 0 unspecified atom stereocenters. The van der Waals surface area contributed by atoms with E-state index >= 15 is 0 Å². The summed E-state index contributed by atoms with van der Waals surface area (Å²) in [5, 5.41) is 10.7. The summed E-state index contributed by atoms with van der Waals surface area (Å²) in [6, 6.07) is 10.4. The Balaban J connectivity index is 1.74. The maximum absolute atomic E-state index is 12.1. The van der Waals surface area contributed by atoms with Crippen LogP contribution in [-0.4, -0.2) is 32.8 Å². The molecular weight excluding hydrogens is 282 g/mol. The lowest BCUT2D eigenvalue weighted by Gasteiger charge is -2.06. The van der Waals surface area contributed by atoms with Gasteiger partial charge in [-0.3, -0.25) is 9.36 Å². The fourth-order valence-electron chi connectivity index (χ4n) is 1.87. The van der Waals surface area contributed by atoms with Crippen LogP contribution in [-0.2, 0) is 0 Å². The van der Waals surface area contributed by atoms with Crippen molar-refractivity contribution in [3.8, 4) is 11.6 Å². The monoisotopic (exact) mass is 295 g/mol. The van der Waals surface area contributed by atoms with Crippen LogP contribution in [0.4, 0.5) is 5.69 Å². The van der Waals surface area contributed by atoms with Crippen LogP contribution in [0.15, 0.2) is 55.1 Å². The van der Waals surface area contributed by atoms with Crippen molar-refractivity contribution in [2.45, 2.75) is 0 Å². The number of benzene rings is 1. The highest BCUT2D eigenvalue weighted by molar-refractivity contribution is 6.02. The molecule has 2 aromatic heterocycles. The number of amides is 1. The summed E-state index contributed by atoms with van der Waals surface area (Å²) in [5.74, 6) is 0.924. The summed E-state index contributed by atoms with van der Waals surface area (Å²) in [4.78, 5) is 16.1. The maximum Gasteiger partial charge on any atom is 0.276 e. The van der Waals surface area contributed by atoms with Gasteiger partial charge in [0.15, 0.2) is 11.5 Å². The maximum atomic E-state index is 12.1. The minimum atomic E-state index is -0.335. The third-order valence-corrected chi connectivity index (χ3v) is 2.98. The van der Waals surface area contributed by atoms with Crippen LogP contribution >= 0.6 is 0 Å². The summed E-state index contributed by atoms with van der Waals surface area (Å²) in [6.07, 6.45) is 5.01. The molecule has 2 heterocycles. The topological polar surface area (TPSA) is 81.9 Å². The van der Waals surface area contributed by atoms with E-state index in [9.17, 15) is 4.79 Å². The molecule has 7 heteroatoms. The van der Waals surface area contributed by atoms with Gasteiger partial charge in [-0.25, -0.2) is 4.98 Å². The quantitative estimate of drug-likeness (QED) is 0.795. The lowest BCUT2D eigenvalue weighted by Crippen LogP contribution is -2.14. The van der Waals surface area contributed by atoms with Gasteiger partial charge in [-0.1, -0.05) is 6.07 Å². The smallest absolute Gasteiger partial charge is 0.276 e.